The molecular weight excluding hydrogens is 327 g/mol. The lowest BCUT2D eigenvalue weighted by atomic mass is 9.96. The summed E-state index contributed by atoms with van der Waals surface area (Å²) in [5, 5.41) is 9.72. The molecule has 0 aromatic heterocycles. The van der Waals surface area contributed by atoms with Gasteiger partial charge in [-0.25, -0.2) is 4.39 Å². The number of aliphatic hydroxyl groups is 1. The summed E-state index contributed by atoms with van der Waals surface area (Å²) in [5.74, 6) is -0.118. The third kappa shape index (κ3) is 4.11. The molecule has 2 fully saturated rings. The van der Waals surface area contributed by atoms with Crippen molar-refractivity contribution in [3.05, 3.63) is 29.6 Å². The van der Waals surface area contributed by atoms with E-state index in [4.69, 9.17) is 9.47 Å². The maximum Gasteiger partial charge on any atom is 0.257 e. The molecule has 1 aromatic rings. The topological polar surface area (TPSA) is 62.2 Å². The molecule has 2 aliphatic heterocycles. The molecule has 0 aliphatic carbocycles. The van der Waals surface area contributed by atoms with Crippen LogP contribution in [-0.4, -0.2) is 80.5 Å². The van der Waals surface area contributed by atoms with Gasteiger partial charge in [-0.2, -0.15) is 0 Å². The largest absolute Gasteiger partial charge is 0.496 e. The fraction of sp³-hybridized carbons (Fsp3) is 0.611. The van der Waals surface area contributed by atoms with Gasteiger partial charge in [0.15, 0.2) is 0 Å². The summed E-state index contributed by atoms with van der Waals surface area (Å²) in [5.41, 5.74) is 0.228. The molecule has 0 saturated carbocycles. The van der Waals surface area contributed by atoms with Crippen LogP contribution in [0.25, 0.3) is 0 Å². The average molecular weight is 352 g/mol. The van der Waals surface area contributed by atoms with Crippen LogP contribution in [-0.2, 0) is 4.74 Å². The summed E-state index contributed by atoms with van der Waals surface area (Å²) < 4.78 is 24.1. The van der Waals surface area contributed by atoms with Gasteiger partial charge in [0.05, 0.1) is 25.9 Å². The Balaban J connectivity index is 1.70. The summed E-state index contributed by atoms with van der Waals surface area (Å²) in [4.78, 5) is 16.9. The number of nitrogens with zero attached hydrogens (tertiary/aromatic N) is 2. The van der Waals surface area contributed by atoms with Crippen molar-refractivity contribution in [3.63, 3.8) is 0 Å². The van der Waals surface area contributed by atoms with Crippen LogP contribution in [0, 0.1) is 17.7 Å². The number of rotatable bonds is 5. The Morgan fingerprint density at radius 2 is 2.04 bits per heavy atom. The molecule has 1 amide bonds. The van der Waals surface area contributed by atoms with Crippen LogP contribution in [0.1, 0.15) is 10.4 Å². The van der Waals surface area contributed by atoms with Crippen LogP contribution in [0.15, 0.2) is 18.2 Å². The van der Waals surface area contributed by atoms with E-state index in [-0.39, 0.29) is 29.9 Å². The molecule has 6 nitrogen and oxygen atoms in total. The molecule has 0 bridgehead atoms. The van der Waals surface area contributed by atoms with Crippen molar-refractivity contribution in [2.24, 2.45) is 11.8 Å². The van der Waals surface area contributed by atoms with Crippen molar-refractivity contribution in [1.82, 2.24) is 9.80 Å². The second kappa shape index (κ2) is 8.12. The highest BCUT2D eigenvalue weighted by Gasteiger charge is 2.37. The third-order valence-corrected chi connectivity index (χ3v) is 5.09. The van der Waals surface area contributed by atoms with Crippen LogP contribution in [0.2, 0.25) is 0 Å². The Hall–Kier alpha value is -1.70. The Morgan fingerprint density at radius 1 is 1.32 bits per heavy atom. The number of halogens is 1. The molecule has 1 aromatic carbocycles. The summed E-state index contributed by atoms with van der Waals surface area (Å²) in [6.07, 6.45) is 0. The standard InChI is InChI=1S/C18H25FN2O4/c1-24-17-3-2-15(19)8-16(17)18(23)21-10-13(14(11-21)12-22)9-20-4-6-25-7-5-20/h2-3,8,13-14,22H,4-7,9-12H2,1H3/t13-,14-/m1/s1. The van der Waals surface area contributed by atoms with Gasteiger partial charge in [0.25, 0.3) is 5.91 Å². The number of hydrogen-bond donors (Lipinski definition) is 1. The van der Waals surface area contributed by atoms with Gasteiger partial charge in [-0.15, -0.1) is 0 Å². The van der Waals surface area contributed by atoms with Gasteiger partial charge in [-0.1, -0.05) is 0 Å². The third-order valence-electron chi connectivity index (χ3n) is 5.09. The first kappa shape index (κ1) is 18.1. The van der Waals surface area contributed by atoms with E-state index in [1.807, 2.05) is 0 Å². The Bertz CT molecular complexity index is 607. The lowest BCUT2D eigenvalue weighted by Crippen LogP contribution is -2.41. The minimum atomic E-state index is -0.466. The van der Waals surface area contributed by atoms with Gasteiger partial charge in [0.1, 0.15) is 11.6 Å². The van der Waals surface area contributed by atoms with Crippen molar-refractivity contribution < 1.29 is 23.8 Å². The average Bonchev–Trinajstić information content (AvgIpc) is 3.04. The number of amides is 1. The van der Waals surface area contributed by atoms with E-state index in [9.17, 15) is 14.3 Å². The zero-order valence-electron chi connectivity index (χ0n) is 14.5. The van der Waals surface area contributed by atoms with Gasteiger partial charge in [-0.3, -0.25) is 9.69 Å². The zero-order chi connectivity index (χ0) is 17.8. The van der Waals surface area contributed by atoms with Crippen molar-refractivity contribution in [3.8, 4) is 5.75 Å². The van der Waals surface area contributed by atoms with Gasteiger partial charge < -0.3 is 19.5 Å². The highest BCUT2D eigenvalue weighted by Crippen LogP contribution is 2.28. The van der Waals surface area contributed by atoms with Crippen LogP contribution < -0.4 is 4.74 Å². The van der Waals surface area contributed by atoms with E-state index in [2.05, 4.69) is 4.90 Å². The number of carbonyl (C=O) groups is 1. The van der Waals surface area contributed by atoms with E-state index in [0.29, 0.717) is 18.8 Å². The summed E-state index contributed by atoms with van der Waals surface area (Å²) >= 11 is 0. The van der Waals surface area contributed by atoms with Crippen molar-refractivity contribution in [1.29, 1.82) is 0 Å². The Kier molecular flexibility index (Phi) is 5.88. The fourth-order valence-corrected chi connectivity index (χ4v) is 3.65. The van der Waals surface area contributed by atoms with Crippen molar-refractivity contribution in [2.45, 2.75) is 0 Å². The van der Waals surface area contributed by atoms with E-state index in [1.54, 1.807) is 4.90 Å². The number of morpholine rings is 1. The minimum Gasteiger partial charge on any atom is -0.496 e. The van der Waals surface area contributed by atoms with E-state index >= 15 is 0 Å². The molecule has 25 heavy (non-hydrogen) atoms. The molecule has 7 heteroatoms. The zero-order valence-corrected chi connectivity index (χ0v) is 14.5. The molecule has 0 unspecified atom stereocenters. The molecule has 1 N–H and O–H groups in total. The molecule has 0 radical (unpaired) electrons. The van der Waals surface area contributed by atoms with Crippen LogP contribution in [0.3, 0.4) is 0 Å². The molecular formula is C18H25FN2O4. The summed E-state index contributed by atoms with van der Waals surface area (Å²) in [6, 6.07) is 3.95. The molecule has 2 heterocycles. The predicted octanol–water partition coefficient (Wildman–Crippen LogP) is 0.847. The maximum atomic E-state index is 13.6. The minimum absolute atomic E-state index is 0.0337. The van der Waals surface area contributed by atoms with E-state index in [0.717, 1.165) is 32.8 Å². The number of benzene rings is 1. The van der Waals surface area contributed by atoms with Gasteiger partial charge in [0, 0.05) is 45.2 Å². The number of aliphatic hydroxyl groups excluding tert-OH is 1. The first-order chi connectivity index (χ1) is 12.1. The monoisotopic (exact) mass is 352 g/mol. The molecule has 138 valence electrons. The molecule has 2 aliphatic rings. The van der Waals surface area contributed by atoms with Gasteiger partial charge >= 0.3 is 0 Å². The Morgan fingerprint density at radius 3 is 2.72 bits per heavy atom. The summed E-state index contributed by atoms with van der Waals surface area (Å²) in [7, 11) is 1.46. The lowest BCUT2D eigenvalue weighted by molar-refractivity contribution is 0.0264. The number of ether oxygens (including phenoxy) is 2. The summed E-state index contributed by atoms with van der Waals surface area (Å²) in [6.45, 7) is 5.10. The molecule has 0 spiro atoms. The Labute approximate surface area is 147 Å². The van der Waals surface area contributed by atoms with Crippen LogP contribution in [0.5, 0.6) is 5.75 Å². The predicted molar refractivity (Wildman–Crippen MR) is 90.2 cm³/mol. The smallest absolute Gasteiger partial charge is 0.257 e. The van der Waals surface area contributed by atoms with Crippen molar-refractivity contribution in [2.75, 3.05) is 59.7 Å². The number of likely N-dealkylation sites (tertiary alicyclic amines) is 1. The lowest BCUT2D eigenvalue weighted by Gasteiger charge is -2.30. The molecule has 2 atom stereocenters. The highest BCUT2D eigenvalue weighted by atomic mass is 19.1. The molecule has 2 saturated heterocycles. The van der Waals surface area contributed by atoms with E-state index in [1.165, 1.54) is 25.3 Å². The first-order valence-electron chi connectivity index (χ1n) is 8.66. The highest BCUT2D eigenvalue weighted by molar-refractivity contribution is 5.97. The second-order valence-electron chi connectivity index (χ2n) is 6.67. The van der Waals surface area contributed by atoms with E-state index < -0.39 is 5.82 Å². The SMILES string of the molecule is COc1ccc(F)cc1C(=O)N1C[C@@H](CN2CCOCC2)[C@@H](CO)C1. The first-order valence-corrected chi connectivity index (χ1v) is 8.66. The number of methoxy groups -OCH3 is 1. The fourth-order valence-electron chi connectivity index (χ4n) is 3.65. The van der Waals surface area contributed by atoms with Crippen LogP contribution in [0.4, 0.5) is 4.39 Å². The maximum absolute atomic E-state index is 13.6. The molecule has 3 rings (SSSR count). The quantitative estimate of drug-likeness (QED) is 0.851. The van der Waals surface area contributed by atoms with Crippen molar-refractivity contribution >= 4 is 5.91 Å². The normalized spacial score (nSPS) is 24.5. The van der Waals surface area contributed by atoms with Gasteiger partial charge in [0.2, 0.25) is 0 Å². The van der Waals surface area contributed by atoms with Gasteiger partial charge in [-0.05, 0) is 24.1 Å². The number of carbonyl (C=O) groups excluding carboxylic acids is 1. The second-order valence-corrected chi connectivity index (χ2v) is 6.67. The number of hydrogen-bond acceptors (Lipinski definition) is 5. The van der Waals surface area contributed by atoms with Crippen LogP contribution >= 0.6 is 0 Å².